The summed E-state index contributed by atoms with van der Waals surface area (Å²) >= 11 is 0. The molecule has 0 amide bonds. The summed E-state index contributed by atoms with van der Waals surface area (Å²) in [5, 5.41) is 16.5. The van der Waals surface area contributed by atoms with Crippen molar-refractivity contribution in [3.05, 3.63) is 28.4 Å². The molecule has 1 fully saturated rings. The molecule has 2 N–H and O–H groups in total. The molecule has 1 aliphatic carbocycles. The van der Waals surface area contributed by atoms with Crippen molar-refractivity contribution in [2.24, 2.45) is 5.92 Å². The molecule has 0 radical (unpaired) electrons. The highest BCUT2D eigenvalue weighted by Crippen LogP contribution is 2.37. The minimum Gasteiger partial charge on any atom is -0.362 e. The number of Topliss-reactive ketones (excluding diaryl/α,β-unsaturated/α-hetero) is 1. The first-order valence-corrected chi connectivity index (χ1v) is 8.50. The molecule has 0 unspecified atom stereocenters. The Labute approximate surface area is 143 Å². The summed E-state index contributed by atoms with van der Waals surface area (Å²) in [5.74, 6) is 0.657. The van der Waals surface area contributed by atoms with E-state index in [1.54, 1.807) is 6.20 Å². The zero-order valence-electron chi connectivity index (χ0n) is 13.7. The second kappa shape index (κ2) is 6.16. The van der Waals surface area contributed by atoms with Gasteiger partial charge in [-0.1, -0.05) is 12.8 Å². The van der Waals surface area contributed by atoms with Gasteiger partial charge in [0, 0.05) is 11.8 Å². The van der Waals surface area contributed by atoms with E-state index in [-0.39, 0.29) is 18.4 Å². The van der Waals surface area contributed by atoms with Crippen molar-refractivity contribution in [3.8, 4) is 17.3 Å². The van der Waals surface area contributed by atoms with Gasteiger partial charge in [0.25, 0.3) is 0 Å². The summed E-state index contributed by atoms with van der Waals surface area (Å²) in [6.45, 7) is 0.139. The predicted molar refractivity (Wildman–Crippen MR) is 90.1 cm³/mol. The molecule has 4 rings (SSSR count). The zero-order valence-corrected chi connectivity index (χ0v) is 13.7. The monoisotopic (exact) mass is 338 g/mol. The zero-order chi connectivity index (χ0) is 17.4. The van der Waals surface area contributed by atoms with Crippen molar-refractivity contribution in [1.82, 2.24) is 19.7 Å². The van der Waals surface area contributed by atoms with Crippen LogP contribution in [0.5, 0.6) is 0 Å². The smallest absolute Gasteiger partial charge is 0.347 e. The van der Waals surface area contributed by atoms with Crippen LogP contribution < -0.4 is 11.0 Å². The highest BCUT2D eigenvalue weighted by atomic mass is 16.1. The van der Waals surface area contributed by atoms with Gasteiger partial charge in [0.05, 0.1) is 42.5 Å². The number of hydrogen-bond acceptors (Lipinski definition) is 6. The van der Waals surface area contributed by atoms with Crippen LogP contribution in [0.25, 0.3) is 11.3 Å². The van der Waals surface area contributed by atoms with Gasteiger partial charge in [-0.15, -0.1) is 0 Å². The van der Waals surface area contributed by atoms with Crippen LogP contribution in [0, 0.1) is 17.2 Å². The lowest BCUT2D eigenvalue weighted by molar-refractivity contribution is 0.101. The Morgan fingerprint density at radius 1 is 1.36 bits per heavy atom. The van der Waals surface area contributed by atoms with Crippen LogP contribution in [-0.2, 0) is 0 Å². The molecule has 0 aromatic carbocycles. The molecule has 0 bridgehead atoms. The molecule has 0 saturated heterocycles. The van der Waals surface area contributed by atoms with Gasteiger partial charge < -0.3 is 10.3 Å². The molecule has 1 atom stereocenters. The molecule has 25 heavy (non-hydrogen) atoms. The van der Waals surface area contributed by atoms with Gasteiger partial charge in [-0.3, -0.25) is 9.48 Å². The molecular weight excluding hydrogens is 320 g/mol. The number of nitrogens with zero attached hydrogens (tertiary/aromatic N) is 4. The van der Waals surface area contributed by atoms with Gasteiger partial charge in [0.2, 0.25) is 0 Å². The number of H-pyrrole nitrogens is 1. The summed E-state index contributed by atoms with van der Waals surface area (Å²) < 4.78 is 1.81. The highest BCUT2D eigenvalue weighted by Gasteiger charge is 2.29. The van der Waals surface area contributed by atoms with E-state index in [2.05, 4.69) is 26.5 Å². The van der Waals surface area contributed by atoms with E-state index in [4.69, 9.17) is 0 Å². The van der Waals surface area contributed by atoms with E-state index >= 15 is 0 Å². The third-order valence-electron chi connectivity index (χ3n) is 5.10. The number of anilines is 1. The van der Waals surface area contributed by atoms with E-state index in [9.17, 15) is 14.9 Å². The number of carbonyl (C=O) groups is 1. The summed E-state index contributed by atoms with van der Waals surface area (Å²) in [6.07, 6.45) is 8.43. The average molecular weight is 338 g/mol. The van der Waals surface area contributed by atoms with Crippen molar-refractivity contribution in [2.75, 3.05) is 11.9 Å². The average Bonchev–Trinajstić information content (AvgIpc) is 3.33. The van der Waals surface area contributed by atoms with E-state index in [1.165, 1.54) is 12.8 Å². The molecule has 8 nitrogen and oxygen atoms in total. The molecule has 1 saturated carbocycles. The molecule has 3 heterocycles. The molecular formula is C17H18N6O2. The molecule has 2 aromatic heterocycles. The standard InChI is InChI=1S/C17H18N6O2/c18-6-5-12(10-3-1-2-4-10)23-9-11(7-20-23)15-14-13(24)8-19-16(14)22-17(25)21-15/h7,9-10,12H,1-5,8H2,(H2,19,21,22,25)/t12-/m1/s1. The van der Waals surface area contributed by atoms with Crippen LogP contribution in [0.2, 0.25) is 0 Å². The van der Waals surface area contributed by atoms with Crippen LogP contribution in [0.1, 0.15) is 48.5 Å². The van der Waals surface area contributed by atoms with Crippen molar-refractivity contribution < 1.29 is 4.79 Å². The summed E-state index contributed by atoms with van der Waals surface area (Å²) in [6, 6.07) is 2.28. The fourth-order valence-electron chi connectivity index (χ4n) is 3.90. The van der Waals surface area contributed by atoms with Gasteiger partial charge in [-0.05, 0) is 18.8 Å². The number of carbonyl (C=O) groups excluding carboxylic acids is 1. The van der Waals surface area contributed by atoms with Crippen molar-refractivity contribution in [1.29, 1.82) is 5.26 Å². The number of aromatic amines is 1. The summed E-state index contributed by atoms with van der Waals surface area (Å²) in [4.78, 5) is 30.4. The first-order valence-electron chi connectivity index (χ1n) is 8.50. The Bertz CT molecular complexity index is 916. The SMILES string of the molecule is N#CC[C@H](C1CCCC1)n1cc(-c2[nH]c(=O)nc3c2C(=O)CN3)cn1. The predicted octanol–water partition coefficient (Wildman–Crippen LogP) is 1.89. The minimum absolute atomic E-state index is 0.0247. The molecule has 8 heteroatoms. The van der Waals surface area contributed by atoms with Gasteiger partial charge >= 0.3 is 5.69 Å². The Morgan fingerprint density at radius 2 is 2.16 bits per heavy atom. The molecule has 1 aliphatic heterocycles. The maximum absolute atomic E-state index is 12.1. The Hall–Kier alpha value is -2.95. The largest absolute Gasteiger partial charge is 0.362 e. The second-order valence-electron chi connectivity index (χ2n) is 6.60. The van der Waals surface area contributed by atoms with Gasteiger partial charge in [0.15, 0.2) is 5.78 Å². The lowest BCUT2D eigenvalue weighted by Crippen LogP contribution is -2.17. The third-order valence-corrected chi connectivity index (χ3v) is 5.10. The fraction of sp³-hybridized carbons (Fsp3) is 0.471. The lowest BCUT2D eigenvalue weighted by Gasteiger charge is -2.21. The molecule has 2 aliphatic rings. The van der Waals surface area contributed by atoms with E-state index < -0.39 is 5.69 Å². The van der Waals surface area contributed by atoms with Crippen molar-refractivity contribution in [3.63, 3.8) is 0 Å². The Morgan fingerprint density at radius 3 is 2.92 bits per heavy atom. The summed E-state index contributed by atoms with van der Waals surface area (Å²) in [7, 11) is 0. The minimum atomic E-state index is -0.506. The molecule has 128 valence electrons. The van der Waals surface area contributed by atoms with Crippen molar-refractivity contribution in [2.45, 2.75) is 38.1 Å². The topological polar surface area (TPSA) is 116 Å². The number of fused-ring (bicyclic) bond motifs is 1. The lowest BCUT2D eigenvalue weighted by atomic mass is 9.96. The van der Waals surface area contributed by atoms with Crippen LogP contribution >= 0.6 is 0 Å². The number of nitrogens with one attached hydrogen (secondary N) is 2. The van der Waals surface area contributed by atoms with Gasteiger partial charge in [0.1, 0.15) is 5.82 Å². The van der Waals surface area contributed by atoms with Crippen LogP contribution in [-0.4, -0.2) is 32.1 Å². The Balaban J connectivity index is 1.74. The quantitative estimate of drug-likeness (QED) is 0.879. The molecule has 0 spiro atoms. The fourth-order valence-corrected chi connectivity index (χ4v) is 3.90. The molecule has 2 aromatic rings. The van der Waals surface area contributed by atoms with Crippen LogP contribution in [0.4, 0.5) is 5.82 Å². The number of aromatic nitrogens is 4. The summed E-state index contributed by atoms with van der Waals surface area (Å²) in [5.41, 5.74) is 0.997. The first kappa shape index (κ1) is 15.6. The maximum atomic E-state index is 12.1. The normalized spacial score (nSPS) is 18.0. The van der Waals surface area contributed by atoms with Gasteiger partial charge in [-0.2, -0.15) is 15.3 Å². The maximum Gasteiger partial charge on any atom is 0.347 e. The number of hydrogen-bond donors (Lipinski definition) is 2. The number of ketones is 1. The van der Waals surface area contributed by atoms with Gasteiger partial charge in [-0.25, -0.2) is 4.79 Å². The van der Waals surface area contributed by atoms with Crippen LogP contribution in [0.3, 0.4) is 0 Å². The van der Waals surface area contributed by atoms with E-state index in [0.29, 0.717) is 35.0 Å². The van der Waals surface area contributed by atoms with Crippen molar-refractivity contribution >= 4 is 11.6 Å². The second-order valence-corrected chi connectivity index (χ2v) is 6.60. The highest BCUT2D eigenvalue weighted by molar-refractivity contribution is 6.11. The van der Waals surface area contributed by atoms with E-state index in [1.807, 2.05) is 10.9 Å². The number of nitriles is 1. The van der Waals surface area contributed by atoms with Crippen LogP contribution in [0.15, 0.2) is 17.2 Å². The van der Waals surface area contributed by atoms with E-state index in [0.717, 1.165) is 12.8 Å². The first-order chi connectivity index (χ1) is 12.2. The Kier molecular flexibility index (Phi) is 3.84. The number of rotatable bonds is 4. The third kappa shape index (κ3) is 2.71.